The number of rotatable bonds is 3. The Morgan fingerprint density at radius 3 is 2.67 bits per heavy atom. The van der Waals surface area contributed by atoms with Gasteiger partial charge in [-0.15, -0.1) is 0 Å². The summed E-state index contributed by atoms with van der Waals surface area (Å²) < 4.78 is 5.07. The Morgan fingerprint density at radius 1 is 1.58 bits per heavy atom. The molecule has 1 aliphatic rings. The van der Waals surface area contributed by atoms with Crippen LogP contribution in [-0.4, -0.2) is 26.7 Å². The smallest absolute Gasteiger partial charge is 0.282 e. The molecule has 0 saturated heterocycles. The second-order valence-electron chi connectivity index (χ2n) is 4.53. The van der Waals surface area contributed by atoms with Crippen molar-refractivity contribution in [2.75, 3.05) is 6.61 Å². The molecule has 0 radical (unpaired) electrons. The first-order valence-electron chi connectivity index (χ1n) is 4.43. The van der Waals surface area contributed by atoms with Gasteiger partial charge in [0, 0.05) is 8.07 Å². The number of hydrogen-bond acceptors (Lipinski definition) is 3. The minimum Gasteiger partial charge on any atom is -0.463 e. The topological polar surface area (TPSA) is 47.6 Å². The van der Waals surface area contributed by atoms with Gasteiger partial charge in [-0.2, -0.15) is 0 Å². The molecular weight excluding hydrogens is 168 g/mol. The number of hydrogen-bond donors (Lipinski definition) is 1. The van der Waals surface area contributed by atoms with Crippen molar-refractivity contribution in [2.45, 2.75) is 38.1 Å². The quantitative estimate of drug-likeness (QED) is 0.678. The molecule has 70 valence electrons. The molecule has 1 rings (SSSR count). The lowest BCUT2D eigenvalue weighted by atomic mass is 10.3. The van der Waals surface area contributed by atoms with Crippen molar-refractivity contribution in [2.24, 2.45) is 10.7 Å². The first-order valence-corrected chi connectivity index (χ1v) is 8.14. The molecule has 1 atom stereocenters. The van der Waals surface area contributed by atoms with Crippen LogP contribution < -0.4 is 5.73 Å². The molecule has 0 aromatic heterocycles. The summed E-state index contributed by atoms with van der Waals surface area (Å²) in [5.74, 6) is 0. The Bertz CT molecular complexity index is 186. The molecule has 0 aromatic carbocycles. The molecule has 1 aliphatic heterocycles. The zero-order valence-corrected chi connectivity index (χ0v) is 9.13. The molecule has 0 unspecified atom stereocenters. The monoisotopic (exact) mass is 186 g/mol. The predicted molar refractivity (Wildman–Crippen MR) is 54.1 cm³/mol. The molecule has 4 heteroatoms. The number of nitrogens with two attached hydrogens (primary N) is 1. The molecule has 0 amide bonds. The lowest BCUT2D eigenvalue weighted by molar-refractivity contribution is 0.310. The molecule has 0 saturated carbocycles. The van der Waals surface area contributed by atoms with Gasteiger partial charge < -0.3 is 10.5 Å². The molecule has 1 heterocycles. The third kappa shape index (κ3) is 3.26. The Kier molecular flexibility index (Phi) is 2.77. The van der Waals surface area contributed by atoms with E-state index in [-0.39, 0.29) is 0 Å². The first kappa shape index (κ1) is 9.57. The molecule has 0 aliphatic carbocycles. The van der Waals surface area contributed by atoms with Gasteiger partial charge in [0.1, 0.15) is 6.61 Å². The van der Waals surface area contributed by atoms with E-state index in [0.29, 0.717) is 18.7 Å². The lowest BCUT2D eigenvalue weighted by Gasteiger charge is -2.16. The summed E-state index contributed by atoms with van der Waals surface area (Å²) in [6, 6.07) is 2.00. The van der Waals surface area contributed by atoms with Crippen LogP contribution in [-0.2, 0) is 4.74 Å². The molecule has 0 spiro atoms. The van der Waals surface area contributed by atoms with Crippen LogP contribution in [0.1, 0.15) is 6.42 Å². The predicted octanol–water partition coefficient (Wildman–Crippen LogP) is 1.43. The van der Waals surface area contributed by atoms with E-state index in [0.717, 1.165) is 6.42 Å². The highest BCUT2D eigenvalue weighted by atomic mass is 28.3. The number of ether oxygens (including phenoxy) is 1. The van der Waals surface area contributed by atoms with Gasteiger partial charge in [-0.3, -0.25) is 0 Å². The zero-order valence-electron chi connectivity index (χ0n) is 8.13. The van der Waals surface area contributed by atoms with E-state index in [1.807, 2.05) is 0 Å². The third-order valence-electron chi connectivity index (χ3n) is 1.96. The van der Waals surface area contributed by atoms with E-state index in [1.165, 1.54) is 6.04 Å². The van der Waals surface area contributed by atoms with Gasteiger partial charge in [-0.25, -0.2) is 4.99 Å². The maximum atomic E-state index is 5.40. The molecule has 2 N–H and O–H groups in total. The van der Waals surface area contributed by atoms with Crippen LogP contribution >= 0.6 is 0 Å². The average molecular weight is 186 g/mol. The van der Waals surface area contributed by atoms with Gasteiger partial charge in [-0.05, 0) is 6.42 Å². The van der Waals surface area contributed by atoms with E-state index in [2.05, 4.69) is 24.6 Å². The Morgan fingerprint density at radius 2 is 2.25 bits per heavy atom. The van der Waals surface area contributed by atoms with Crippen LogP contribution in [0.15, 0.2) is 4.99 Å². The van der Waals surface area contributed by atoms with Gasteiger partial charge >= 0.3 is 0 Å². The molecule has 0 aromatic rings. The SMILES string of the molecule is C[Si](C)(C)CC[C@H]1COC(N)=N1. The van der Waals surface area contributed by atoms with Crippen molar-refractivity contribution in [1.29, 1.82) is 0 Å². The van der Waals surface area contributed by atoms with Crippen molar-refractivity contribution in [3.8, 4) is 0 Å². The summed E-state index contributed by atoms with van der Waals surface area (Å²) in [5.41, 5.74) is 5.40. The van der Waals surface area contributed by atoms with Crippen LogP contribution in [0.4, 0.5) is 0 Å². The van der Waals surface area contributed by atoms with Gasteiger partial charge in [0.2, 0.25) is 0 Å². The van der Waals surface area contributed by atoms with Crippen molar-refractivity contribution in [3.05, 3.63) is 0 Å². The minimum absolute atomic E-state index is 0.330. The summed E-state index contributed by atoms with van der Waals surface area (Å²) in [6.07, 6.45) is 1.14. The van der Waals surface area contributed by atoms with E-state index >= 15 is 0 Å². The van der Waals surface area contributed by atoms with Crippen molar-refractivity contribution in [3.63, 3.8) is 0 Å². The van der Waals surface area contributed by atoms with Crippen molar-refractivity contribution < 1.29 is 4.74 Å². The fraction of sp³-hybridized carbons (Fsp3) is 0.875. The van der Waals surface area contributed by atoms with E-state index in [1.54, 1.807) is 0 Å². The van der Waals surface area contributed by atoms with Crippen molar-refractivity contribution >= 4 is 14.1 Å². The fourth-order valence-corrected chi connectivity index (χ4v) is 2.38. The normalized spacial score (nSPS) is 23.6. The largest absolute Gasteiger partial charge is 0.463 e. The summed E-state index contributed by atoms with van der Waals surface area (Å²) in [7, 11) is -0.912. The summed E-state index contributed by atoms with van der Waals surface area (Å²) in [6.45, 7) is 7.80. The van der Waals surface area contributed by atoms with Crippen LogP contribution in [0.25, 0.3) is 0 Å². The van der Waals surface area contributed by atoms with Crippen LogP contribution in [0, 0.1) is 0 Å². The number of aliphatic imine (C=N–C) groups is 1. The molecular formula is C8H18N2OSi. The summed E-state index contributed by atoms with van der Waals surface area (Å²) in [4.78, 5) is 4.19. The molecule has 3 nitrogen and oxygen atoms in total. The molecule has 0 bridgehead atoms. The fourth-order valence-electron chi connectivity index (χ4n) is 1.18. The minimum atomic E-state index is -0.912. The zero-order chi connectivity index (χ0) is 9.19. The Labute approximate surface area is 75.0 Å². The lowest BCUT2D eigenvalue weighted by Crippen LogP contribution is -2.21. The first-order chi connectivity index (χ1) is 5.47. The standard InChI is InChI=1S/C8H18N2OSi/c1-12(2,3)5-4-7-6-11-8(9)10-7/h7H,4-6H2,1-3H3,(H2,9,10)/t7-/m0/s1. The number of nitrogens with zero attached hydrogens (tertiary/aromatic N) is 1. The van der Waals surface area contributed by atoms with Crippen LogP contribution in [0.3, 0.4) is 0 Å². The second-order valence-corrected chi connectivity index (χ2v) is 10.2. The summed E-state index contributed by atoms with van der Waals surface area (Å²) in [5, 5.41) is 0. The summed E-state index contributed by atoms with van der Waals surface area (Å²) >= 11 is 0. The highest BCUT2D eigenvalue weighted by Crippen LogP contribution is 2.16. The van der Waals surface area contributed by atoms with Crippen molar-refractivity contribution in [1.82, 2.24) is 0 Å². The third-order valence-corrected chi connectivity index (χ3v) is 3.75. The van der Waals surface area contributed by atoms with E-state index in [9.17, 15) is 0 Å². The highest BCUT2D eigenvalue weighted by molar-refractivity contribution is 6.76. The molecule has 0 fully saturated rings. The van der Waals surface area contributed by atoms with E-state index in [4.69, 9.17) is 10.5 Å². The van der Waals surface area contributed by atoms with Gasteiger partial charge in [0.05, 0.1) is 6.04 Å². The van der Waals surface area contributed by atoms with E-state index < -0.39 is 8.07 Å². The second kappa shape index (κ2) is 3.47. The highest BCUT2D eigenvalue weighted by Gasteiger charge is 2.20. The maximum Gasteiger partial charge on any atom is 0.282 e. The van der Waals surface area contributed by atoms with Gasteiger partial charge in [0.25, 0.3) is 6.02 Å². The van der Waals surface area contributed by atoms with Gasteiger partial charge in [-0.1, -0.05) is 25.7 Å². The molecule has 12 heavy (non-hydrogen) atoms. The number of amidine groups is 1. The van der Waals surface area contributed by atoms with Crippen LogP contribution in [0.5, 0.6) is 0 Å². The Hall–Kier alpha value is -0.513. The maximum absolute atomic E-state index is 5.40. The van der Waals surface area contributed by atoms with Crippen LogP contribution in [0.2, 0.25) is 25.7 Å². The van der Waals surface area contributed by atoms with Gasteiger partial charge in [0.15, 0.2) is 0 Å². The Balaban J connectivity index is 2.25. The average Bonchev–Trinajstić information content (AvgIpc) is 2.30.